The molecule has 1 saturated heterocycles. The van der Waals surface area contributed by atoms with Crippen LogP contribution in [0, 0.1) is 5.92 Å². The van der Waals surface area contributed by atoms with Crippen LogP contribution < -0.4 is 19.5 Å². The molecular weight excluding hydrogens is 458 g/mol. The van der Waals surface area contributed by atoms with Gasteiger partial charge in [0, 0.05) is 18.5 Å². The quantitative estimate of drug-likeness (QED) is 0.368. The van der Waals surface area contributed by atoms with Crippen LogP contribution in [0.3, 0.4) is 0 Å². The van der Waals surface area contributed by atoms with Crippen LogP contribution in [0.15, 0.2) is 12.1 Å². The Bertz CT molecular complexity index is 982. The second-order valence-corrected chi connectivity index (χ2v) is 10.8. The molecule has 0 spiro atoms. The molecule has 1 aromatic carbocycles. The highest BCUT2D eigenvalue weighted by atomic mass is 35.5. The molecule has 176 valence electrons. The molecule has 4 rings (SSSR count). The fraction of sp³-hybridized carbons (Fsp3) is 0.619. The van der Waals surface area contributed by atoms with Crippen LogP contribution in [-0.2, 0) is 14.8 Å². The summed E-state index contributed by atoms with van der Waals surface area (Å²) in [5.74, 6) is 1.25. The number of amides is 3. The van der Waals surface area contributed by atoms with Gasteiger partial charge in [0.15, 0.2) is 11.5 Å². The van der Waals surface area contributed by atoms with E-state index in [2.05, 4.69) is 10.0 Å². The fourth-order valence-electron chi connectivity index (χ4n) is 3.86. The van der Waals surface area contributed by atoms with Gasteiger partial charge in [-0.25, -0.2) is 17.9 Å². The van der Waals surface area contributed by atoms with Gasteiger partial charge in [-0.3, -0.25) is 10.1 Å². The van der Waals surface area contributed by atoms with Crippen molar-refractivity contribution in [1.82, 2.24) is 14.9 Å². The first kappa shape index (κ1) is 23.1. The van der Waals surface area contributed by atoms with Gasteiger partial charge in [-0.1, -0.05) is 24.1 Å². The zero-order valence-corrected chi connectivity index (χ0v) is 19.3. The lowest BCUT2D eigenvalue weighted by Gasteiger charge is -2.28. The van der Waals surface area contributed by atoms with E-state index in [1.807, 2.05) is 0 Å². The van der Waals surface area contributed by atoms with Crippen LogP contribution in [0.2, 0.25) is 5.02 Å². The molecule has 9 nitrogen and oxygen atoms in total. The van der Waals surface area contributed by atoms with Crippen molar-refractivity contribution in [2.45, 2.75) is 44.6 Å². The van der Waals surface area contributed by atoms with Gasteiger partial charge in [0.25, 0.3) is 0 Å². The van der Waals surface area contributed by atoms with Crippen molar-refractivity contribution in [1.29, 1.82) is 0 Å². The maximum absolute atomic E-state index is 12.7. The second-order valence-electron chi connectivity index (χ2n) is 8.51. The Balaban J connectivity index is 1.29. The highest BCUT2D eigenvalue weighted by Crippen LogP contribution is 2.45. The van der Waals surface area contributed by atoms with Gasteiger partial charge in [0.1, 0.15) is 6.54 Å². The smallest absolute Gasteiger partial charge is 0.324 e. The van der Waals surface area contributed by atoms with Crippen molar-refractivity contribution in [3.8, 4) is 11.5 Å². The van der Waals surface area contributed by atoms with Crippen LogP contribution in [0.4, 0.5) is 4.79 Å². The molecule has 2 N–H and O–H groups in total. The molecule has 11 heteroatoms. The van der Waals surface area contributed by atoms with E-state index in [0.717, 1.165) is 18.4 Å². The van der Waals surface area contributed by atoms with Gasteiger partial charge in [-0.2, -0.15) is 0 Å². The number of imide groups is 1. The Morgan fingerprint density at radius 1 is 1.19 bits per heavy atom. The average molecular weight is 486 g/mol. The first-order chi connectivity index (χ1) is 15.3. The molecule has 32 heavy (non-hydrogen) atoms. The van der Waals surface area contributed by atoms with Crippen molar-refractivity contribution < 1.29 is 27.5 Å². The minimum atomic E-state index is -3.51. The summed E-state index contributed by atoms with van der Waals surface area (Å²) in [4.78, 5) is 24.1. The Labute approximate surface area is 192 Å². The number of halogens is 1. The first-order valence-corrected chi connectivity index (χ1v) is 13.0. The lowest BCUT2D eigenvalue weighted by atomic mass is 10.0. The molecule has 2 aliphatic heterocycles. The van der Waals surface area contributed by atoms with Crippen molar-refractivity contribution in [2.24, 2.45) is 5.92 Å². The SMILES string of the molecule is O=C1CN(CCCCCS(=O)(=O)N[C@H]2CCOc3c2ccc(Cl)c3OCC2CC2)C(=O)N1. The van der Waals surface area contributed by atoms with Crippen LogP contribution >= 0.6 is 11.6 Å². The Morgan fingerprint density at radius 2 is 2.00 bits per heavy atom. The van der Waals surface area contributed by atoms with E-state index in [0.29, 0.717) is 67.9 Å². The predicted octanol–water partition coefficient (Wildman–Crippen LogP) is 2.59. The van der Waals surface area contributed by atoms with E-state index >= 15 is 0 Å². The van der Waals surface area contributed by atoms with E-state index in [1.165, 1.54) is 4.90 Å². The molecule has 1 saturated carbocycles. The number of unbranched alkanes of at least 4 members (excludes halogenated alkanes) is 2. The number of sulfonamides is 1. The third-order valence-corrected chi connectivity index (χ3v) is 7.58. The summed E-state index contributed by atoms with van der Waals surface area (Å²) in [6.07, 6.45) is 4.56. The standard InChI is InChI=1S/C21H28ClN3O6S/c22-16-7-6-15-17(8-10-30-19(15)20(16)31-13-14-4-5-14)24-32(28,29)11-3-1-2-9-25-12-18(26)23-21(25)27/h6-7,14,17,24H,1-5,8-13H2,(H,23,26,27)/t17-/m0/s1. The van der Waals surface area contributed by atoms with E-state index in [9.17, 15) is 18.0 Å². The molecule has 1 aliphatic carbocycles. The topological polar surface area (TPSA) is 114 Å². The number of nitrogens with zero attached hydrogens (tertiary/aromatic N) is 1. The minimum Gasteiger partial charge on any atom is -0.489 e. The molecule has 1 aromatic rings. The summed E-state index contributed by atoms with van der Waals surface area (Å²) >= 11 is 6.32. The first-order valence-electron chi connectivity index (χ1n) is 11.0. The lowest BCUT2D eigenvalue weighted by Crippen LogP contribution is -2.34. The third kappa shape index (κ3) is 5.85. The van der Waals surface area contributed by atoms with Gasteiger partial charge in [-0.05, 0) is 37.7 Å². The average Bonchev–Trinajstić information content (AvgIpc) is 3.50. The molecule has 0 bridgehead atoms. The van der Waals surface area contributed by atoms with Crippen LogP contribution in [-0.4, -0.2) is 57.3 Å². The Morgan fingerprint density at radius 3 is 2.72 bits per heavy atom. The number of carbonyl (C=O) groups excluding carboxylic acids is 2. The number of urea groups is 1. The van der Waals surface area contributed by atoms with E-state index in [4.69, 9.17) is 21.1 Å². The summed E-state index contributed by atoms with van der Waals surface area (Å²) in [5.41, 5.74) is 0.736. The summed E-state index contributed by atoms with van der Waals surface area (Å²) < 4.78 is 39.8. The lowest BCUT2D eigenvalue weighted by molar-refractivity contribution is -0.118. The van der Waals surface area contributed by atoms with Crippen molar-refractivity contribution in [3.63, 3.8) is 0 Å². The van der Waals surface area contributed by atoms with E-state index < -0.39 is 16.1 Å². The van der Waals surface area contributed by atoms with Gasteiger partial charge in [0.05, 0.1) is 30.0 Å². The number of hydrogen-bond donors (Lipinski definition) is 2. The number of fused-ring (bicyclic) bond motifs is 1. The summed E-state index contributed by atoms with van der Waals surface area (Å²) in [6, 6.07) is 2.72. The van der Waals surface area contributed by atoms with Gasteiger partial charge in [0.2, 0.25) is 15.9 Å². The molecule has 0 radical (unpaired) electrons. The summed E-state index contributed by atoms with van der Waals surface area (Å²) in [6.45, 7) is 1.46. The van der Waals surface area contributed by atoms with Crippen molar-refractivity contribution in [2.75, 3.05) is 32.1 Å². The van der Waals surface area contributed by atoms with Gasteiger partial charge >= 0.3 is 6.03 Å². The van der Waals surface area contributed by atoms with Crippen LogP contribution in [0.1, 0.15) is 50.1 Å². The predicted molar refractivity (Wildman–Crippen MR) is 118 cm³/mol. The van der Waals surface area contributed by atoms with Crippen LogP contribution in [0.5, 0.6) is 11.5 Å². The molecule has 1 atom stereocenters. The zero-order valence-electron chi connectivity index (χ0n) is 17.8. The number of hydrogen-bond acceptors (Lipinski definition) is 6. The monoisotopic (exact) mass is 485 g/mol. The second kappa shape index (κ2) is 9.84. The molecule has 2 heterocycles. The maximum Gasteiger partial charge on any atom is 0.324 e. The number of ether oxygens (including phenoxy) is 2. The number of benzene rings is 1. The molecule has 0 aromatic heterocycles. The van der Waals surface area contributed by atoms with Crippen molar-refractivity contribution in [3.05, 3.63) is 22.7 Å². The molecular formula is C21H28ClN3O6S. The Kier molecular flexibility index (Phi) is 7.11. The molecule has 2 fully saturated rings. The number of carbonyl (C=O) groups is 2. The summed E-state index contributed by atoms with van der Waals surface area (Å²) in [5, 5.41) is 2.68. The summed E-state index contributed by atoms with van der Waals surface area (Å²) in [7, 11) is -3.51. The maximum atomic E-state index is 12.7. The van der Waals surface area contributed by atoms with Crippen molar-refractivity contribution >= 4 is 33.6 Å². The highest BCUT2D eigenvalue weighted by Gasteiger charge is 2.31. The highest BCUT2D eigenvalue weighted by molar-refractivity contribution is 7.89. The molecule has 0 unspecified atom stereocenters. The van der Waals surface area contributed by atoms with Gasteiger partial charge < -0.3 is 14.4 Å². The number of rotatable bonds is 11. The fourth-order valence-corrected chi connectivity index (χ4v) is 5.45. The Hall–Kier alpha value is -2.04. The zero-order chi connectivity index (χ0) is 22.7. The van der Waals surface area contributed by atoms with E-state index in [1.54, 1.807) is 12.1 Å². The third-order valence-electron chi connectivity index (χ3n) is 5.81. The largest absolute Gasteiger partial charge is 0.489 e. The normalized spacial score (nSPS) is 20.7. The molecule has 3 amide bonds. The number of nitrogens with one attached hydrogen (secondary N) is 2. The van der Waals surface area contributed by atoms with Gasteiger partial charge in [-0.15, -0.1) is 0 Å². The molecule has 3 aliphatic rings. The van der Waals surface area contributed by atoms with E-state index in [-0.39, 0.29) is 24.2 Å². The minimum absolute atomic E-state index is 0.0105. The van der Waals surface area contributed by atoms with Crippen LogP contribution in [0.25, 0.3) is 0 Å².